The Labute approximate surface area is 164 Å². The third-order valence-corrected chi connectivity index (χ3v) is 5.06. The van der Waals surface area contributed by atoms with Crippen LogP contribution in [0, 0.1) is 0 Å². The third kappa shape index (κ3) is 3.25. The SMILES string of the molecule is COc1cccc(C(=O)N(C)[C@H](c2ccccc2)c2c[nH]c3ccccc23)c1. The second-order valence-corrected chi connectivity index (χ2v) is 6.75. The molecular formula is C24H22N2O2. The van der Waals surface area contributed by atoms with Crippen molar-refractivity contribution in [3.05, 3.63) is 102 Å². The molecule has 0 aliphatic rings. The predicted molar refractivity (Wildman–Crippen MR) is 112 cm³/mol. The van der Waals surface area contributed by atoms with Crippen molar-refractivity contribution >= 4 is 16.8 Å². The highest BCUT2D eigenvalue weighted by Gasteiger charge is 2.26. The molecule has 0 aliphatic carbocycles. The van der Waals surface area contributed by atoms with Gasteiger partial charge in [-0.25, -0.2) is 0 Å². The van der Waals surface area contributed by atoms with Gasteiger partial charge < -0.3 is 14.6 Å². The molecule has 4 aromatic rings. The van der Waals surface area contributed by atoms with E-state index in [0.29, 0.717) is 11.3 Å². The summed E-state index contributed by atoms with van der Waals surface area (Å²) < 4.78 is 5.28. The largest absolute Gasteiger partial charge is 0.497 e. The van der Waals surface area contributed by atoms with Gasteiger partial charge in [0.2, 0.25) is 0 Å². The molecule has 0 fully saturated rings. The molecule has 28 heavy (non-hydrogen) atoms. The Morgan fingerprint density at radius 3 is 2.50 bits per heavy atom. The zero-order chi connectivity index (χ0) is 19.5. The van der Waals surface area contributed by atoms with E-state index in [4.69, 9.17) is 4.74 Å². The summed E-state index contributed by atoms with van der Waals surface area (Å²) in [6.07, 6.45) is 2.00. The molecule has 0 radical (unpaired) electrons. The number of para-hydroxylation sites is 1. The lowest BCUT2D eigenvalue weighted by atomic mass is 9.96. The number of carbonyl (C=O) groups is 1. The van der Waals surface area contributed by atoms with Crippen LogP contribution >= 0.6 is 0 Å². The van der Waals surface area contributed by atoms with E-state index in [0.717, 1.165) is 22.0 Å². The van der Waals surface area contributed by atoms with Gasteiger partial charge in [0.1, 0.15) is 5.75 Å². The van der Waals surface area contributed by atoms with E-state index in [2.05, 4.69) is 23.2 Å². The Balaban J connectivity index is 1.80. The summed E-state index contributed by atoms with van der Waals surface area (Å²) in [7, 11) is 3.45. The molecule has 1 aromatic heterocycles. The van der Waals surface area contributed by atoms with Crippen LogP contribution in [0.3, 0.4) is 0 Å². The Bertz CT molecular complexity index is 1100. The number of rotatable bonds is 5. The maximum Gasteiger partial charge on any atom is 0.254 e. The van der Waals surface area contributed by atoms with Crippen LogP contribution in [0.2, 0.25) is 0 Å². The number of hydrogen-bond donors (Lipinski definition) is 1. The predicted octanol–water partition coefficient (Wildman–Crippen LogP) is 5.04. The average molecular weight is 370 g/mol. The topological polar surface area (TPSA) is 45.3 Å². The maximum atomic E-state index is 13.3. The standard InChI is InChI=1S/C24H22N2O2/c1-26(24(27)18-11-8-12-19(15-18)28-2)23(17-9-4-3-5-10-17)21-16-25-22-14-7-6-13-20(21)22/h3-16,23,25H,1-2H3/t23-/m1/s1. The highest BCUT2D eigenvalue weighted by molar-refractivity contribution is 5.95. The molecule has 0 spiro atoms. The number of carbonyl (C=O) groups excluding carboxylic acids is 1. The number of amides is 1. The summed E-state index contributed by atoms with van der Waals surface area (Å²) in [4.78, 5) is 18.4. The smallest absolute Gasteiger partial charge is 0.254 e. The van der Waals surface area contributed by atoms with Crippen LogP contribution in [0.4, 0.5) is 0 Å². The monoisotopic (exact) mass is 370 g/mol. The zero-order valence-corrected chi connectivity index (χ0v) is 15.9. The number of nitrogens with zero attached hydrogens (tertiary/aromatic N) is 1. The van der Waals surface area contributed by atoms with Crippen LogP contribution < -0.4 is 4.74 Å². The van der Waals surface area contributed by atoms with Crippen LogP contribution in [0.5, 0.6) is 5.75 Å². The quantitative estimate of drug-likeness (QED) is 0.535. The molecule has 0 saturated heterocycles. The minimum atomic E-state index is -0.212. The lowest BCUT2D eigenvalue weighted by Gasteiger charge is -2.29. The fourth-order valence-electron chi connectivity index (χ4n) is 3.64. The van der Waals surface area contributed by atoms with Crippen molar-refractivity contribution in [2.24, 2.45) is 0 Å². The van der Waals surface area contributed by atoms with E-state index in [9.17, 15) is 4.79 Å². The number of fused-ring (bicyclic) bond motifs is 1. The van der Waals surface area contributed by atoms with Gasteiger partial charge >= 0.3 is 0 Å². The van der Waals surface area contributed by atoms with Crippen molar-refractivity contribution in [2.45, 2.75) is 6.04 Å². The van der Waals surface area contributed by atoms with Crippen LogP contribution in [-0.4, -0.2) is 29.9 Å². The van der Waals surface area contributed by atoms with Gasteiger partial charge in [0.05, 0.1) is 13.2 Å². The molecule has 0 bridgehead atoms. The highest BCUT2D eigenvalue weighted by atomic mass is 16.5. The number of hydrogen-bond acceptors (Lipinski definition) is 2. The molecule has 3 aromatic carbocycles. The highest BCUT2D eigenvalue weighted by Crippen LogP contribution is 2.34. The molecule has 1 amide bonds. The Kier molecular flexibility index (Phi) is 4.85. The average Bonchev–Trinajstić information content (AvgIpc) is 3.18. The first-order valence-electron chi connectivity index (χ1n) is 9.21. The summed E-state index contributed by atoms with van der Waals surface area (Å²) in [6.45, 7) is 0. The molecule has 4 nitrogen and oxygen atoms in total. The Morgan fingerprint density at radius 2 is 1.71 bits per heavy atom. The van der Waals surface area contributed by atoms with E-state index in [-0.39, 0.29) is 11.9 Å². The van der Waals surface area contributed by atoms with Crippen LogP contribution in [0.25, 0.3) is 10.9 Å². The molecule has 0 unspecified atom stereocenters. The van der Waals surface area contributed by atoms with Crippen molar-refractivity contribution in [2.75, 3.05) is 14.2 Å². The van der Waals surface area contributed by atoms with Gasteiger partial charge in [0, 0.05) is 35.3 Å². The van der Waals surface area contributed by atoms with Crippen molar-refractivity contribution < 1.29 is 9.53 Å². The van der Waals surface area contributed by atoms with Crippen molar-refractivity contribution in [3.63, 3.8) is 0 Å². The second kappa shape index (κ2) is 7.61. The van der Waals surface area contributed by atoms with E-state index >= 15 is 0 Å². The van der Waals surface area contributed by atoms with Crippen LogP contribution in [-0.2, 0) is 0 Å². The Morgan fingerprint density at radius 1 is 0.964 bits per heavy atom. The van der Waals surface area contributed by atoms with Crippen LogP contribution in [0.1, 0.15) is 27.5 Å². The van der Waals surface area contributed by atoms with Gasteiger partial charge in [-0.2, -0.15) is 0 Å². The summed E-state index contributed by atoms with van der Waals surface area (Å²) in [5, 5.41) is 1.11. The normalized spacial score (nSPS) is 11.9. The Hall–Kier alpha value is -3.53. The maximum absolute atomic E-state index is 13.3. The third-order valence-electron chi connectivity index (χ3n) is 5.06. The van der Waals surface area contributed by atoms with E-state index < -0.39 is 0 Å². The number of H-pyrrole nitrogens is 1. The molecular weight excluding hydrogens is 348 g/mol. The van der Waals surface area contributed by atoms with Gasteiger partial charge in [-0.3, -0.25) is 4.79 Å². The lowest BCUT2D eigenvalue weighted by molar-refractivity contribution is 0.0755. The molecule has 1 N–H and O–H groups in total. The molecule has 0 saturated carbocycles. The summed E-state index contributed by atoms with van der Waals surface area (Å²) in [5.41, 5.74) is 3.79. The number of nitrogens with one attached hydrogen (secondary N) is 1. The number of methoxy groups -OCH3 is 1. The minimum Gasteiger partial charge on any atom is -0.497 e. The number of ether oxygens (including phenoxy) is 1. The van der Waals surface area contributed by atoms with Gasteiger partial charge in [-0.15, -0.1) is 0 Å². The summed E-state index contributed by atoms with van der Waals surface area (Å²) in [5.74, 6) is 0.612. The van der Waals surface area contributed by atoms with Crippen molar-refractivity contribution in [3.8, 4) is 5.75 Å². The van der Waals surface area contributed by atoms with Crippen molar-refractivity contribution in [1.29, 1.82) is 0 Å². The summed E-state index contributed by atoms with van der Waals surface area (Å²) >= 11 is 0. The number of benzene rings is 3. The molecule has 140 valence electrons. The van der Waals surface area contributed by atoms with Gasteiger partial charge in [-0.1, -0.05) is 54.6 Å². The first-order valence-corrected chi connectivity index (χ1v) is 9.21. The van der Waals surface area contributed by atoms with E-state index in [1.165, 1.54) is 0 Å². The molecule has 4 heteroatoms. The molecule has 0 aliphatic heterocycles. The molecule has 1 atom stereocenters. The fourth-order valence-corrected chi connectivity index (χ4v) is 3.64. The molecule has 1 heterocycles. The first-order chi connectivity index (χ1) is 13.7. The lowest BCUT2D eigenvalue weighted by Crippen LogP contribution is -2.32. The van der Waals surface area contributed by atoms with Gasteiger partial charge in [0.15, 0.2) is 0 Å². The number of aromatic nitrogens is 1. The van der Waals surface area contributed by atoms with Gasteiger partial charge in [0.25, 0.3) is 5.91 Å². The van der Waals surface area contributed by atoms with E-state index in [1.807, 2.05) is 67.8 Å². The minimum absolute atomic E-state index is 0.0574. The van der Waals surface area contributed by atoms with Gasteiger partial charge in [-0.05, 0) is 29.8 Å². The summed E-state index contributed by atoms with van der Waals surface area (Å²) in [6, 6.07) is 25.3. The van der Waals surface area contributed by atoms with Crippen molar-refractivity contribution in [1.82, 2.24) is 9.88 Å². The van der Waals surface area contributed by atoms with Crippen LogP contribution in [0.15, 0.2) is 85.1 Å². The number of aromatic amines is 1. The fraction of sp³-hybridized carbons (Fsp3) is 0.125. The van der Waals surface area contributed by atoms with E-state index in [1.54, 1.807) is 18.1 Å². The first kappa shape index (κ1) is 17.9. The molecule has 4 rings (SSSR count). The zero-order valence-electron chi connectivity index (χ0n) is 15.9. The second-order valence-electron chi connectivity index (χ2n) is 6.75.